The number of hydrazone groups is 1. The highest BCUT2D eigenvalue weighted by molar-refractivity contribution is 9.10. The number of unbranched alkanes of at least 4 members (excludes halogenated alkanes) is 1. The van der Waals surface area contributed by atoms with Crippen LogP contribution in [0.2, 0.25) is 0 Å². The van der Waals surface area contributed by atoms with Crippen LogP contribution >= 0.6 is 15.9 Å². The van der Waals surface area contributed by atoms with Gasteiger partial charge in [0.15, 0.2) is 11.5 Å². The van der Waals surface area contributed by atoms with Gasteiger partial charge in [-0.1, -0.05) is 29.3 Å². The number of amides is 2. The van der Waals surface area contributed by atoms with Crippen molar-refractivity contribution in [3.8, 4) is 17.2 Å². The van der Waals surface area contributed by atoms with Gasteiger partial charge in [-0.25, -0.2) is 5.43 Å². The van der Waals surface area contributed by atoms with Crippen molar-refractivity contribution in [1.82, 2.24) is 10.7 Å². The largest absolute Gasteiger partial charge is 0.493 e. The predicted molar refractivity (Wildman–Crippen MR) is 115 cm³/mol. The van der Waals surface area contributed by atoms with Gasteiger partial charge in [-0.3, -0.25) is 9.59 Å². The minimum Gasteiger partial charge on any atom is -0.493 e. The molecule has 0 saturated carbocycles. The fourth-order valence-electron chi connectivity index (χ4n) is 2.59. The van der Waals surface area contributed by atoms with Crippen LogP contribution in [0.3, 0.4) is 0 Å². The Bertz CT molecular complexity index is 948. The SMILES string of the molecule is CCCCOc1ccc(Br)cc1C=NNC(=O)CNC(=O)c1ccc2c(c1)OCO2. The van der Waals surface area contributed by atoms with E-state index in [4.69, 9.17) is 14.2 Å². The molecule has 2 N–H and O–H groups in total. The van der Waals surface area contributed by atoms with Crippen LogP contribution in [0.4, 0.5) is 0 Å². The normalized spacial score (nSPS) is 12.1. The van der Waals surface area contributed by atoms with E-state index in [9.17, 15) is 9.59 Å². The topological polar surface area (TPSA) is 98.2 Å². The lowest BCUT2D eigenvalue weighted by atomic mass is 10.2. The predicted octanol–water partition coefficient (Wildman–Crippen LogP) is 3.24. The van der Waals surface area contributed by atoms with Gasteiger partial charge < -0.3 is 19.5 Å². The summed E-state index contributed by atoms with van der Waals surface area (Å²) in [4.78, 5) is 24.2. The summed E-state index contributed by atoms with van der Waals surface area (Å²) in [5.41, 5.74) is 3.49. The van der Waals surface area contributed by atoms with E-state index in [0.29, 0.717) is 29.4 Å². The highest BCUT2D eigenvalue weighted by atomic mass is 79.9. The third kappa shape index (κ3) is 5.96. The highest BCUT2D eigenvalue weighted by Gasteiger charge is 2.16. The van der Waals surface area contributed by atoms with Gasteiger partial charge in [-0.2, -0.15) is 5.10 Å². The van der Waals surface area contributed by atoms with Gasteiger partial charge in [0.05, 0.1) is 19.4 Å². The van der Waals surface area contributed by atoms with Gasteiger partial charge in [-0.05, 0) is 42.8 Å². The summed E-state index contributed by atoms with van der Waals surface area (Å²) in [5.74, 6) is 0.919. The monoisotopic (exact) mass is 475 g/mol. The van der Waals surface area contributed by atoms with Crippen molar-refractivity contribution in [2.24, 2.45) is 5.10 Å². The molecule has 2 aromatic rings. The van der Waals surface area contributed by atoms with Crippen LogP contribution in [0.15, 0.2) is 46.0 Å². The van der Waals surface area contributed by atoms with E-state index in [1.54, 1.807) is 18.2 Å². The minimum absolute atomic E-state index is 0.129. The second-order valence-corrected chi connectivity index (χ2v) is 7.34. The molecule has 1 heterocycles. The first-order valence-corrected chi connectivity index (χ1v) is 10.3. The van der Waals surface area contributed by atoms with Crippen molar-refractivity contribution in [2.45, 2.75) is 19.8 Å². The van der Waals surface area contributed by atoms with Crippen molar-refractivity contribution in [2.75, 3.05) is 19.9 Å². The summed E-state index contributed by atoms with van der Waals surface area (Å²) in [6.45, 7) is 2.61. The van der Waals surface area contributed by atoms with E-state index >= 15 is 0 Å². The molecule has 0 bridgehead atoms. The van der Waals surface area contributed by atoms with Crippen LogP contribution in [-0.4, -0.2) is 38.0 Å². The first-order chi connectivity index (χ1) is 14.6. The van der Waals surface area contributed by atoms with Gasteiger partial charge in [0.25, 0.3) is 11.8 Å². The zero-order valence-corrected chi connectivity index (χ0v) is 18.0. The summed E-state index contributed by atoms with van der Waals surface area (Å²) < 4.78 is 17.1. The number of benzene rings is 2. The standard InChI is InChI=1S/C21H22BrN3O5/c1-2-3-8-28-17-7-5-16(22)9-15(17)11-24-25-20(26)12-23-21(27)14-4-6-18-19(10-14)30-13-29-18/h4-7,9-11H,2-3,8,12-13H2,1H3,(H,23,27)(H,25,26). The summed E-state index contributed by atoms with van der Waals surface area (Å²) >= 11 is 3.41. The number of hydrogen-bond donors (Lipinski definition) is 2. The van der Waals surface area contributed by atoms with E-state index in [1.807, 2.05) is 18.2 Å². The number of carbonyl (C=O) groups is 2. The lowest BCUT2D eigenvalue weighted by Crippen LogP contribution is -2.34. The van der Waals surface area contributed by atoms with E-state index in [-0.39, 0.29) is 13.3 Å². The van der Waals surface area contributed by atoms with Crippen molar-refractivity contribution < 1.29 is 23.8 Å². The molecule has 30 heavy (non-hydrogen) atoms. The third-order valence-corrected chi connectivity index (χ3v) is 4.66. The molecule has 0 aliphatic carbocycles. The van der Waals surface area contributed by atoms with Gasteiger partial charge >= 0.3 is 0 Å². The van der Waals surface area contributed by atoms with Gasteiger partial charge in [0.2, 0.25) is 6.79 Å². The number of halogens is 1. The van der Waals surface area contributed by atoms with Crippen LogP contribution < -0.4 is 25.0 Å². The Labute approximate surface area is 182 Å². The Morgan fingerprint density at radius 2 is 2.03 bits per heavy atom. The molecule has 0 unspecified atom stereocenters. The number of hydrogen-bond acceptors (Lipinski definition) is 6. The first kappa shape index (κ1) is 21.6. The Morgan fingerprint density at radius 3 is 2.87 bits per heavy atom. The average molecular weight is 476 g/mol. The maximum absolute atomic E-state index is 12.2. The highest BCUT2D eigenvalue weighted by Crippen LogP contribution is 2.32. The summed E-state index contributed by atoms with van der Waals surface area (Å²) in [6.07, 6.45) is 3.49. The number of ether oxygens (including phenoxy) is 3. The maximum atomic E-state index is 12.2. The molecule has 0 fully saturated rings. The van der Waals surface area contributed by atoms with Gasteiger partial charge in [0, 0.05) is 15.6 Å². The third-order valence-electron chi connectivity index (χ3n) is 4.16. The van der Waals surface area contributed by atoms with Crippen molar-refractivity contribution in [3.05, 3.63) is 52.0 Å². The molecule has 3 rings (SSSR count). The number of fused-ring (bicyclic) bond motifs is 1. The maximum Gasteiger partial charge on any atom is 0.259 e. The zero-order chi connectivity index (χ0) is 21.3. The minimum atomic E-state index is -0.455. The summed E-state index contributed by atoms with van der Waals surface area (Å²) in [5, 5.41) is 6.50. The van der Waals surface area contributed by atoms with E-state index in [0.717, 1.165) is 22.9 Å². The second kappa shape index (κ2) is 10.6. The van der Waals surface area contributed by atoms with Crippen molar-refractivity contribution >= 4 is 34.0 Å². The van der Waals surface area contributed by atoms with Crippen LogP contribution in [0.25, 0.3) is 0 Å². The molecule has 9 heteroatoms. The Morgan fingerprint density at radius 1 is 1.20 bits per heavy atom. The number of nitrogens with zero attached hydrogens (tertiary/aromatic N) is 1. The van der Waals surface area contributed by atoms with Crippen LogP contribution in [0, 0.1) is 0 Å². The first-order valence-electron chi connectivity index (χ1n) is 9.49. The van der Waals surface area contributed by atoms with Crippen LogP contribution in [0.1, 0.15) is 35.7 Å². The molecule has 0 radical (unpaired) electrons. The quantitative estimate of drug-likeness (QED) is 0.329. The van der Waals surface area contributed by atoms with E-state index in [1.165, 1.54) is 6.21 Å². The Kier molecular flexibility index (Phi) is 7.67. The Balaban J connectivity index is 1.50. The van der Waals surface area contributed by atoms with Crippen LogP contribution in [-0.2, 0) is 4.79 Å². The zero-order valence-electron chi connectivity index (χ0n) is 16.4. The molecule has 8 nitrogen and oxygen atoms in total. The molecule has 0 saturated heterocycles. The molecular formula is C21H22BrN3O5. The molecule has 2 aromatic carbocycles. The van der Waals surface area contributed by atoms with E-state index in [2.05, 4.69) is 38.7 Å². The van der Waals surface area contributed by atoms with E-state index < -0.39 is 11.8 Å². The van der Waals surface area contributed by atoms with Gasteiger partial charge in [-0.15, -0.1) is 0 Å². The molecule has 0 aromatic heterocycles. The lowest BCUT2D eigenvalue weighted by Gasteiger charge is -2.09. The molecule has 2 amide bonds. The molecule has 0 spiro atoms. The smallest absolute Gasteiger partial charge is 0.259 e. The summed E-state index contributed by atoms with van der Waals surface area (Å²) in [7, 11) is 0. The van der Waals surface area contributed by atoms with Crippen LogP contribution in [0.5, 0.6) is 17.2 Å². The molecule has 158 valence electrons. The van der Waals surface area contributed by atoms with Crippen molar-refractivity contribution in [3.63, 3.8) is 0 Å². The molecule has 1 aliphatic heterocycles. The molecular weight excluding hydrogens is 454 g/mol. The molecule has 0 atom stereocenters. The fraction of sp³-hybridized carbons (Fsp3) is 0.286. The second-order valence-electron chi connectivity index (χ2n) is 6.43. The number of carbonyl (C=O) groups excluding carboxylic acids is 2. The Hall–Kier alpha value is -3.07. The number of rotatable bonds is 9. The molecule has 1 aliphatic rings. The van der Waals surface area contributed by atoms with Crippen molar-refractivity contribution in [1.29, 1.82) is 0 Å². The lowest BCUT2D eigenvalue weighted by molar-refractivity contribution is -0.120. The fourth-order valence-corrected chi connectivity index (χ4v) is 2.97. The van der Waals surface area contributed by atoms with Gasteiger partial charge in [0.1, 0.15) is 5.75 Å². The summed E-state index contributed by atoms with van der Waals surface area (Å²) in [6, 6.07) is 10.4. The average Bonchev–Trinajstić information content (AvgIpc) is 3.21. The number of nitrogens with one attached hydrogen (secondary N) is 2.